The quantitative estimate of drug-likeness (QED) is 0.0746. The third kappa shape index (κ3) is 12.4. The number of phosphoric ester groups is 2. The minimum Gasteiger partial charge on any atom is -0.508 e. The molecule has 48 heavy (non-hydrogen) atoms. The molecule has 0 saturated carbocycles. The lowest BCUT2D eigenvalue weighted by Crippen LogP contribution is -2.37. The summed E-state index contributed by atoms with van der Waals surface area (Å²) in [6, 6.07) is 12.4. The van der Waals surface area contributed by atoms with Crippen molar-refractivity contribution in [1.82, 2.24) is 9.55 Å². The van der Waals surface area contributed by atoms with Crippen LogP contribution in [0, 0.1) is 0 Å². The van der Waals surface area contributed by atoms with Crippen molar-refractivity contribution in [3.8, 4) is 17.2 Å². The van der Waals surface area contributed by atoms with E-state index in [1.165, 1.54) is 18.3 Å². The smallest absolute Gasteiger partial charge is 0.481 e. The van der Waals surface area contributed by atoms with Gasteiger partial charge in [0.1, 0.15) is 54.5 Å². The predicted molar refractivity (Wildman–Crippen MR) is 171 cm³/mol. The summed E-state index contributed by atoms with van der Waals surface area (Å²) >= 11 is 0. The number of phosphoric acid groups is 2. The molecule has 1 aliphatic rings. The number of phenolic OH excluding ortho intramolecular Hbond substituents is 3. The molecule has 6 atom stereocenters. The number of aliphatic hydroxyl groups is 2. The van der Waals surface area contributed by atoms with E-state index in [2.05, 4.69) is 18.3 Å². The Bertz CT molecular complexity index is 1690. The molecule has 1 aliphatic heterocycles. The largest absolute Gasteiger partial charge is 0.508 e. The van der Waals surface area contributed by atoms with Crippen LogP contribution in [0.5, 0.6) is 17.2 Å². The van der Waals surface area contributed by atoms with Crippen LogP contribution >= 0.6 is 15.6 Å². The molecule has 264 valence electrons. The number of quaternary nitrogens is 1. The average molecular weight is 718 g/mol. The van der Waals surface area contributed by atoms with E-state index in [4.69, 9.17) is 15.6 Å². The summed E-state index contributed by atoms with van der Waals surface area (Å²) in [6.45, 7) is -0.746. The topological polar surface area (TPSA) is 274 Å². The number of likely N-dealkylation sites (N-methyl/N-ethyl adjacent to an activating group) is 1. The van der Waals surface area contributed by atoms with Crippen molar-refractivity contribution in [2.75, 3.05) is 46.6 Å². The van der Waals surface area contributed by atoms with Gasteiger partial charge in [-0.05, 0) is 41.5 Å². The van der Waals surface area contributed by atoms with Crippen LogP contribution in [0.25, 0.3) is 12.2 Å². The van der Waals surface area contributed by atoms with Gasteiger partial charge in [-0.1, -0.05) is 24.3 Å². The molecule has 1 fully saturated rings. The van der Waals surface area contributed by atoms with Crippen molar-refractivity contribution >= 4 is 33.6 Å². The average Bonchev–Trinajstić information content (AvgIpc) is 3.23. The van der Waals surface area contributed by atoms with E-state index in [1.54, 1.807) is 63.6 Å². The Morgan fingerprint density at radius 3 is 2.06 bits per heavy atom. The Labute approximate surface area is 274 Å². The molecule has 3 aromatic rings. The van der Waals surface area contributed by atoms with Gasteiger partial charge in [-0.2, -0.15) is 9.29 Å². The molecule has 1 saturated heterocycles. The number of aliphatic hydroxyl groups excluding tert-OH is 2. The standard InChI is InChI=1S/C14H26N4O11P2.C14H12O3/c1-18(2,3)6-7-26-30(22,23)29-31(24,25)27-8-9-11(19)12(20)13(28-9)17-5-4-10(15)16-14(17)21;15-12-5-3-10(4-6-12)1-2-11-7-13(16)9-14(17)8-11/h4-5,9,11-13,19-20H,6-8H2,1-3H3,(H3-,15,16,21,22,23,24,25);1-9,15-17H/p+1/b;2-1+/t9-,11-,12-,13-;/m1./s1. The lowest BCUT2D eigenvalue weighted by Gasteiger charge is -2.24. The number of anilines is 1. The van der Waals surface area contributed by atoms with Crippen LogP contribution in [0.15, 0.2) is 59.5 Å². The van der Waals surface area contributed by atoms with Gasteiger partial charge >= 0.3 is 21.3 Å². The van der Waals surface area contributed by atoms with Gasteiger partial charge in [-0.25, -0.2) is 13.9 Å². The number of nitrogen functional groups attached to an aromatic ring is 1. The number of nitrogens with zero attached hydrogens (tertiary/aromatic N) is 3. The predicted octanol–water partition coefficient (Wildman–Crippen LogP) is 1.38. The van der Waals surface area contributed by atoms with Crippen molar-refractivity contribution in [2.24, 2.45) is 0 Å². The van der Waals surface area contributed by atoms with E-state index in [-0.39, 0.29) is 29.7 Å². The van der Waals surface area contributed by atoms with Crippen LogP contribution in [-0.2, 0) is 27.2 Å². The first kappa shape index (κ1) is 38.8. The van der Waals surface area contributed by atoms with E-state index in [0.29, 0.717) is 16.6 Å². The van der Waals surface area contributed by atoms with E-state index < -0.39 is 52.5 Å². The van der Waals surface area contributed by atoms with Gasteiger partial charge in [-0.3, -0.25) is 13.6 Å². The first-order chi connectivity index (χ1) is 22.2. The fourth-order valence-electron chi connectivity index (χ4n) is 3.98. The Morgan fingerprint density at radius 1 is 0.896 bits per heavy atom. The zero-order valence-electron chi connectivity index (χ0n) is 26.1. The summed E-state index contributed by atoms with van der Waals surface area (Å²) in [7, 11) is -4.64. The highest BCUT2D eigenvalue weighted by molar-refractivity contribution is 7.61. The van der Waals surface area contributed by atoms with Gasteiger partial charge in [0.05, 0.1) is 27.7 Å². The Kier molecular flexibility index (Phi) is 13.1. The minimum atomic E-state index is -5.11. The molecule has 2 aromatic carbocycles. The highest BCUT2D eigenvalue weighted by atomic mass is 31.3. The molecule has 0 bridgehead atoms. The van der Waals surface area contributed by atoms with Crippen molar-refractivity contribution in [2.45, 2.75) is 24.5 Å². The van der Waals surface area contributed by atoms with Crippen LogP contribution in [0.4, 0.5) is 5.82 Å². The third-order valence-electron chi connectivity index (χ3n) is 6.37. The summed E-state index contributed by atoms with van der Waals surface area (Å²) in [4.78, 5) is 34.7. The van der Waals surface area contributed by atoms with E-state index in [1.807, 2.05) is 6.08 Å². The molecule has 2 heterocycles. The highest BCUT2D eigenvalue weighted by Crippen LogP contribution is 2.60. The monoisotopic (exact) mass is 717 g/mol. The van der Waals surface area contributed by atoms with E-state index in [9.17, 15) is 44.1 Å². The maximum absolute atomic E-state index is 12.0. The number of phenols is 3. The Morgan fingerprint density at radius 2 is 1.48 bits per heavy atom. The van der Waals surface area contributed by atoms with Crippen LogP contribution in [0.2, 0.25) is 0 Å². The van der Waals surface area contributed by atoms with Crippen molar-refractivity contribution in [1.29, 1.82) is 0 Å². The number of ether oxygens (including phenoxy) is 1. The normalized spacial score (nSPS) is 22.1. The van der Waals surface area contributed by atoms with Gasteiger partial charge in [-0.15, -0.1) is 0 Å². The summed E-state index contributed by atoms with van der Waals surface area (Å²) in [6.07, 6.45) is -1.23. The summed E-state index contributed by atoms with van der Waals surface area (Å²) in [5.74, 6) is 0.201. The molecule has 4 rings (SSSR count). The lowest BCUT2D eigenvalue weighted by molar-refractivity contribution is -0.870. The fourth-order valence-corrected chi connectivity index (χ4v) is 6.05. The maximum Gasteiger partial charge on any atom is 0.481 e. The summed E-state index contributed by atoms with van der Waals surface area (Å²) in [5, 5.41) is 48.0. The van der Waals surface area contributed by atoms with Gasteiger partial charge < -0.3 is 50.3 Å². The summed E-state index contributed by atoms with van der Waals surface area (Å²) < 4.78 is 43.9. The number of rotatable bonds is 12. The molecule has 0 spiro atoms. The number of benzene rings is 2. The van der Waals surface area contributed by atoms with Gasteiger partial charge in [0.25, 0.3) is 0 Å². The molecular formula is C28H39N4O14P2+. The molecule has 20 heteroatoms. The maximum atomic E-state index is 12.0. The van der Waals surface area contributed by atoms with Crippen molar-refractivity contribution in [3.63, 3.8) is 0 Å². The zero-order chi connectivity index (χ0) is 35.9. The van der Waals surface area contributed by atoms with Crippen molar-refractivity contribution < 1.29 is 67.0 Å². The fraction of sp³-hybridized carbons (Fsp3) is 0.357. The first-order valence-electron chi connectivity index (χ1n) is 14.1. The second-order valence-electron chi connectivity index (χ2n) is 11.5. The van der Waals surface area contributed by atoms with Crippen LogP contribution in [-0.4, -0.2) is 109 Å². The second kappa shape index (κ2) is 16.2. The number of nitrogens with two attached hydrogens (primary N) is 1. The van der Waals surface area contributed by atoms with Crippen LogP contribution < -0.4 is 11.4 Å². The highest BCUT2D eigenvalue weighted by Gasteiger charge is 2.46. The van der Waals surface area contributed by atoms with E-state index in [0.717, 1.165) is 10.1 Å². The van der Waals surface area contributed by atoms with Gasteiger partial charge in [0, 0.05) is 12.3 Å². The first-order valence-corrected chi connectivity index (χ1v) is 17.1. The summed E-state index contributed by atoms with van der Waals surface area (Å²) in [5.41, 5.74) is 6.15. The zero-order valence-corrected chi connectivity index (χ0v) is 27.9. The third-order valence-corrected chi connectivity index (χ3v) is 9.01. The van der Waals surface area contributed by atoms with Crippen LogP contribution in [0.3, 0.4) is 0 Å². The van der Waals surface area contributed by atoms with Gasteiger partial charge in [0.15, 0.2) is 6.23 Å². The van der Waals surface area contributed by atoms with E-state index >= 15 is 0 Å². The number of hydrogen-bond donors (Lipinski definition) is 8. The molecule has 2 unspecified atom stereocenters. The Balaban J connectivity index is 0.000000308. The molecular weight excluding hydrogens is 678 g/mol. The SMILES string of the molecule is C[N+](C)(C)CCOP(=O)(O)OP(=O)(O)OC[C@H]1O[C@@H](n2ccc(N)nc2=O)[C@H](O)[C@@H]1O.Oc1ccc(/C=C/c2cc(O)cc(O)c2)cc1. The van der Waals surface area contributed by atoms with Crippen LogP contribution in [0.1, 0.15) is 17.4 Å². The number of hydrogen-bond acceptors (Lipinski definition) is 14. The molecule has 0 amide bonds. The molecule has 0 radical (unpaired) electrons. The second-order valence-corrected chi connectivity index (χ2v) is 14.5. The lowest BCUT2D eigenvalue weighted by atomic mass is 10.1. The molecule has 9 N–H and O–H groups in total. The number of aromatic hydroxyl groups is 3. The van der Waals surface area contributed by atoms with Gasteiger partial charge in [0.2, 0.25) is 0 Å². The molecule has 1 aromatic heterocycles. The number of aromatic nitrogens is 2. The molecule has 18 nitrogen and oxygen atoms in total. The molecule has 0 aliphatic carbocycles. The Hall–Kier alpha value is -3.64. The van der Waals surface area contributed by atoms with Crippen molar-refractivity contribution in [3.05, 3.63) is 76.3 Å². The minimum absolute atomic E-state index is 0.0235.